The third-order valence-corrected chi connectivity index (χ3v) is 4.25. The summed E-state index contributed by atoms with van der Waals surface area (Å²) in [5, 5.41) is 10.9. The molecule has 112 valence electrons. The first kappa shape index (κ1) is 15.4. The van der Waals surface area contributed by atoms with E-state index in [1.54, 1.807) is 0 Å². The quantitative estimate of drug-likeness (QED) is 0.896. The normalized spacial score (nSPS) is 27.3. The molecule has 0 aromatic heterocycles. The van der Waals surface area contributed by atoms with E-state index in [2.05, 4.69) is 0 Å². The molecule has 1 saturated heterocycles. The molecular weight excluding hydrogens is 262 g/mol. The van der Waals surface area contributed by atoms with Crippen LogP contribution in [0.4, 0.5) is 8.78 Å². The number of halogens is 2. The number of hydrogen-bond donors (Lipinski definition) is 1. The van der Waals surface area contributed by atoms with Crippen molar-refractivity contribution in [2.24, 2.45) is 5.92 Å². The van der Waals surface area contributed by atoms with E-state index in [4.69, 9.17) is 4.74 Å². The van der Waals surface area contributed by atoms with E-state index in [1.807, 2.05) is 27.7 Å². The minimum atomic E-state index is -1.50. The average Bonchev–Trinajstić information content (AvgIpc) is 2.51. The fourth-order valence-corrected chi connectivity index (χ4v) is 3.52. The second kappa shape index (κ2) is 4.50. The van der Waals surface area contributed by atoms with Gasteiger partial charge in [-0.05, 0) is 47.1 Å². The lowest BCUT2D eigenvalue weighted by atomic mass is 9.72. The first-order chi connectivity index (χ1) is 8.97. The summed E-state index contributed by atoms with van der Waals surface area (Å²) < 4.78 is 33.4. The zero-order valence-corrected chi connectivity index (χ0v) is 12.6. The molecular formula is C16H22F2O2. The van der Waals surface area contributed by atoms with Crippen molar-refractivity contribution in [3.63, 3.8) is 0 Å². The largest absolute Gasteiger partial charge is 0.385 e. The SMILES string of the molecule is CC1(C)CC(C(C)(O)c2cccc(F)c2F)C(C)(C)O1. The summed E-state index contributed by atoms with van der Waals surface area (Å²) in [5.74, 6) is -2.27. The molecule has 20 heavy (non-hydrogen) atoms. The van der Waals surface area contributed by atoms with Gasteiger partial charge in [-0.1, -0.05) is 12.1 Å². The predicted octanol–water partition coefficient (Wildman–Crippen LogP) is 3.77. The van der Waals surface area contributed by atoms with Gasteiger partial charge in [0.15, 0.2) is 11.6 Å². The summed E-state index contributed by atoms with van der Waals surface area (Å²) in [6.07, 6.45) is 0.572. The Kier molecular flexibility index (Phi) is 3.46. The van der Waals surface area contributed by atoms with Crippen LogP contribution < -0.4 is 0 Å². The third kappa shape index (κ3) is 2.47. The van der Waals surface area contributed by atoms with Crippen molar-refractivity contribution in [3.8, 4) is 0 Å². The molecule has 1 aromatic rings. The maximum Gasteiger partial charge on any atom is 0.164 e. The number of aliphatic hydroxyl groups is 1. The Balaban J connectivity index is 2.47. The van der Waals surface area contributed by atoms with Crippen LogP contribution >= 0.6 is 0 Å². The predicted molar refractivity (Wildman–Crippen MR) is 73.3 cm³/mol. The van der Waals surface area contributed by atoms with E-state index in [1.165, 1.54) is 19.1 Å². The Bertz CT molecular complexity index is 521. The van der Waals surface area contributed by atoms with Crippen molar-refractivity contribution in [1.29, 1.82) is 0 Å². The van der Waals surface area contributed by atoms with Gasteiger partial charge in [-0.2, -0.15) is 0 Å². The molecule has 2 nitrogen and oxygen atoms in total. The number of ether oxygens (including phenoxy) is 1. The lowest BCUT2D eigenvalue weighted by Crippen LogP contribution is -2.43. The van der Waals surface area contributed by atoms with E-state index in [0.717, 1.165) is 6.07 Å². The van der Waals surface area contributed by atoms with E-state index in [9.17, 15) is 13.9 Å². The van der Waals surface area contributed by atoms with Crippen molar-refractivity contribution < 1.29 is 18.6 Å². The van der Waals surface area contributed by atoms with Crippen LogP contribution in [0.5, 0.6) is 0 Å². The highest BCUT2D eigenvalue weighted by Crippen LogP contribution is 2.50. The molecule has 1 aromatic carbocycles. The minimum Gasteiger partial charge on any atom is -0.385 e. The van der Waals surface area contributed by atoms with Crippen LogP contribution in [0.3, 0.4) is 0 Å². The van der Waals surface area contributed by atoms with Gasteiger partial charge >= 0.3 is 0 Å². The van der Waals surface area contributed by atoms with Crippen LogP contribution in [0.25, 0.3) is 0 Å². The number of rotatable bonds is 2. The Labute approximate surface area is 118 Å². The van der Waals surface area contributed by atoms with Gasteiger partial charge in [-0.3, -0.25) is 0 Å². The van der Waals surface area contributed by atoms with Crippen molar-refractivity contribution in [1.82, 2.24) is 0 Å². The zero-order valence-electron chi connectivity index (χ0n) is 12.6. The Morgan fingerprint density at radius 3 is 2.35 bits per heavy atom. The molecule has 2 rings (SSSR count). The lowest BCUT2D eigenvalue weighted by Gasteiger charge is -2.38. The second-order valence-corrected chi connectivity index (χ2v) is 6.97. The molecule has 1 heterocycles. The molecule has 0 spiro atoms. The van der Waals surface area contributed by atoms with E-state index >= 15 is 0 Å². The average molecular weight is 284 g/mol. The van der Waals surface area contributed by atoms with E-state index in [0.29, 0.717) is 6.42 Å². The molecule has 0 radical (unpaired) electrons. The summed E-state index contributed by atoms with van der Waals surface area (Å²) in [6.45, 7) is 9.15. The van der Waals surface area contributed by atoms with Crippen molar-refractivity contribution in [2.45, 2.75) is 57.8 Å². The monoisotopic (exact) mass is 284 g/mol. The number of hydrogen-bond acceptors (Lipinski definition) is 2. The van der Waals surface area contributed by atoms with E-state index in [-0.39, 0.29) is 11.5 Å². The fourth-order valence-electron chi connectivity index (χ4n) is 3.52. The maximum atomic E-state index is 14.0. The number of benzene rings is 1. The van der Waals surface area contributed by atoms with Gasteiger partial charge in [0.25, 0.3) is 0 Å². The summed E-state index contributed by atoms with van der Waals surface area (Å²) in [7, 11) is 0. The molecule has 1 fully saturated rings. The van der Waals surface area contributed by atoms with Gasteiger partial charge in [0.1, 0.15) is 0 Å². The second-order valence-electron chi connectivity index (χ2n) is 6.97. The molecule has 1 aliphatic rings. The molecule has 0 saturated carbocycles. The van der Waals surface area contributed by atoms with Gasteiger partial charge in [0.2, 0.25) is 0 Å². The zero-order chi connectivity index (χ0) is 15.3. The molecule has 0 bridgehead atoms. The minimum absolute atomic E-state index is 0.0168. The Morgan fingerprint density at radius 1 is 1.25 bits per heavy atom. The lowest BCUT2D eigenvalue weighted by molar-refractivity contribution is -0.111. The van der Waals surface area contributed by atoms with Crippen LogP contribution in [0.15, 0.2) is 18.2 Å². The van der Waals surface area contributed by atoms with Gasteiger partial charge in [-0.15, -0.1) is 0 Å². The summed E-state index contributed by atoms with van der Waals surface area (Å²) in [4.78, 5) is 0. The summed E-state index contributed by atoms with van der Waals surface area (Å²) in [6, 6.07) is 3.89. The molecule has 0 amide bonds. The van der Waals surface area contributed by atoms with Crippen molar-refractivity contribution >= 4 is 0 Å². The Morgan fingerprint density at radius 2 is 1.85 bits per heavy atom. The highest BCUT2D eigenvalue weighted by Gasteiger charge is 2.54. The molecule has 2 unspecified atom stereocenters. The molecule has 4 heteroatoms. The first-order valence-corrected chi connectivity index (χ1v) is 6.84. The van der Waals surface area contributed by atoms with Crippen LogP contribution in [0.2, 0.25) is 0 Å². The topological polar surface area (TPSA) is 29.5 Å². The summed E-state index contributed by atoms with van der Waals surface area (Å²) >= 11 is 0. The van der Waals surface area contributed by atoms with Crippen LogP contribution in [-0.4, -0.2) is 16.3 Å². The van der Waals surface area contributed by atoms with Gasteiger partial charge < -0.3 is 9.84 Å². The van der Waals surface area contributed by atoms with Crippen molar-refractivity contribution in [2.75, 3.05) is 0 Å². The summed E-state index contributed by atoms with van der Waals surface area (Å²) in [5.41, 5.74) is -2.53. The van der Waals surface area contributed by atoms with Crippen LogP contribution in [0.1, 0.15) is 46.6 Å². The van der Waals surface area contributed by atoms with Crippen LogP contribution in [0, 0.1) is 17.6 Å². The maximum absolute atomic E-state index is 14.0. The van der Waals surface area contributed by atoms with Gasteiger partial charge in [-0.25, -0.2) is 8.78 Å². The molecule has 2 atom stereocenters. The van der Waals surface area contributed by atoms with Gasteiger partial charge in [0, 0.05) is 11.5 Å². The van der Waals surface area contributed by atoms with E-state index < -0.39 is 28.4 Å². The third-order valence-electron chi connectivity index (χ3n) is 4.25. The molecule has 0 aliphatic carbocycles. The van der Waals surface area contributed by atoms with Gasteiger partial charge in [0.05, 0.1) is 16.8 Å². The Hall–Kier alpha value is -1.00. The first-order valence-electron chi connectivity index (χ1n) is 6.84. The highest BCUT2D eigenvalue weighted by atomic mass is 19.2. The van der Waals surface area contributed by atoms with Crippen LogP contribution in [-0.2, 0) is 10.3 Å². The standard InChI is InChI=1S/C16H22F2O2/c1-14(2)9-12(15(3,4)20-14)16(5,19)10-7-6-8-11(17)13(10)18/h6-8,12,19H,9H2,1-5H3. The fraction of sp³-hybridized carbons (Fsp3) is 0.625. The van der Waals surface area contributed by atoms with Crippen molar-refractivity contribution in [3.05, 3.63) is 35.4 Å². The highest BCUT2D eigenvalue weighted by molar-refractivity contribution is 5.27. The smallest absolute Gasteiger partial charge is 0.164 e. The molecule has 1 N–H and O–H groups in total. The molecule has 1 aliphatic heterocycles.